The van der Waals surface area contributed by atoms with Crippen LogP contribution in [-0.4, -0.2) is 51.2 Å². The Hall–Kier alpha value is -2.48. The molecule has 0 aromatic heterocycles. The predicted octanol–water partition coefficient (Wildman–Crippen LogP) is 0.484. The van der Waals surface area contributed by atoms with Crippen molar-refractivity contribution in [3.05, 3.63) is 30.1 Å². The molecule has 8 heteroatoms. The van der Waals surface area contributed by atoms with Crippen molar-refractivity contribution >= 4 is 23.5 Å². The second-order valence-electron chi connectivity index (χ2n) is 5.31. The molecular formula is C16H19FN2O5. The third-order valence-corrected chi connectivity index (χ3v) is 3.58. The van der Waals surface area contributed by atoms with E-state index in [4.69, 9.17) is 9.47 Å². The first-order valence-corrected chi connectivity index (χ1v) is 7.50. The fourth-order valence-corrected chi connectivity index (χ4v) is 2.37. The van der Waals surface area contributed by atoms with Crippen LogP contribution in [0.25, 0.3) is 0 Å². The summed E-state index contributed by atoms with van der Waals surface area (Å²) in [5.74, 6) is -2.70. The molecule has 1 aliphatic rings. The molecule has 0 unspecified atom stereocenters. The van der Waals surface area contributed by atoms with Crippen molar-refractivity contribution in [3.63, 3.8) is 0 Å². The monoisotopic (exact) mass is 338 g/mol. The van der Waals surface area contributed by atoms with Gasteiger partial charge in [0.1, 0.15) is 5.82 Å². The number of amides is 2. The summed E-state index contributed by atoms with van der Waals surface area (Å²) in [5.41, 5.74) is 0.134. The third-order valence-electron chi connectivity index (χ3n) is 3.58. The van der Waals surface area contributed by atoms with Crippen LogP contribution in [0.15, 0.2) is 24.3 Å². The van der Waals surface area contributed by atoms with E-state index < -0.39 is 30.2 Å². The summed E-state index contributed by atoms with van der Waals surface area (Å²) in [4.78, 5) is 36.7. The number of nitrogens with zero attached hydrogens (tertiary/aromatic N) is 1. The summed E-state index contributed by atoms with van der Waals surface area (Å²) < 4.78 is 23.5. The summed E-state index contributed by atoms with van der Waals surface area (Å²) in [5, 5.41) is 2.51. The highest BCUT2D eigenvalue weighted by atomic mass is 19.1. The van der Waals surface area contributed by atoms with E-state index in [0.29, 0.717) is 13.2 Å². The van der Waals surface area contributed by atoms with Crippen LogP contribution in [0.1, 0.15) is 6.42 Å². The minimum absolute atomic E-state index is 0.0316. The van der Waals surface area contributed by atoms with Crippen LogP contribution in [0.5, 0.6) is 0 Å². The van der Waals surface area contributed by atoms with Gasteiger partial charge in [0, 0.05) is 26.6 Å². The number of hydrogen-bond acceptors (Lipinski definition) is 5. The fourth-order valence-electron chi connectivity index (χ4n) is 2.37. The molecule has 130 valence electrons. The fraction of sp³-hybridized carbons (Fsp3) is 0.438. The number of carbonyl (C=O) groups excluding carboxylic acids is 3. The largest absolute Gasteiger partial charge is 0.455 e. The number of hydrogen-bond donors (Lipinski definition) is 1. The quantitative estimate of drug-likeness (QED) is 0.578. The molecule has 1 aromatic carbocycles. The van der Waals surface area contributed by atoms with Crippen LogP contribution in [0, 0.1) is 11.7 Å². The molecule has 2 amide bonds. The van der Waals surface area contributed by atoms with Crippen LogP contribution < -0.4 is 10.2 Å². The Morgan fingerprint density at radius 2 is 2.12 bits per heavy atom. The normalized spacial score (nSPS) is 17.0. The van der Waals surface area contributed by atoms with E-state index in [1.807, 2.05) is 0 Å². The van der Waals surface area contributed by atoms with Crippen LogP contribution >= 0.6 is 0 Å². The maximum Gasteiger partial charge on any atom is 0.311 e. The molecule has 24 heavy (non-hydrogen) atoms. The van der Waals surface area contributed by atoms with Crippen LogP contribution in [0.3, 0.4) is 0 Å². The zero-order valence-corrected chi connectivity index (χ0v) is 13.3. The van der Waals surface area contributed by atoms with Gasteiger partial charge < -0.3 is 19.7 Å². The van der Waals surface area contributed by atoms with E-state index in [2.05, 4.69) is 5.32 Å². The van der Waals surface area contributed by atoms with Crippen molar-refractivity contribution < 1.29 is 28.2 Å². The summed E-state index contributed by atoms with van der Waals surface area (Å²) in [6.07, 6.45) is -0.0710. The van der Waals surface area contributed by atoms with E-state index in [9.17, 15) is 18.8 Å². The Balaban J connectivity index is 1.85. The Morgan fingerprint density at radius 1 is 1.38 bits per heavy atom. The molecule has 1 saturated heterocycles. The molecule has 1 N–H and O–H groups in total. The van der Waals surface area contributed by atoms with Gasteiger partial charge in [0.05, 0.1) is 18.2 Å². The van der Waals surface area contributed by atoms with Gasteiger partial charge in [0.2, 0.25) is 5.91 Å². The molecule has 0 bridgehead atoms. The molecule has 0 radical (unpaired) electrons. The van der Waals surface area contributed by atoms with E-state index in [1.54, 1.807) is 6.07 Å². The summed E-state index contributed by atoms with van der Waals surface area (Å²) in [7, 11) is 1.50. The van der Waals surface area contributed by atoms with Gasteiger partial charge in [-0.1, -0.05) is 12.1 Å². The van der Waals surface area contributed by atoms with Gasteiger partial charge in [0.15, 0.2) is 6.61 Å². The molecule has 1 atom stereocenters. The van der Waals surface area contributed by atoms with Gasteiger partial charge in [0.25, 0.3) is 5.91 Å². The van der Waals surface area contributed by atoms with Gasteiger partial charge in [-0.05, 0) is 12.1 Å². The molecular weight excluding hydrogens is 319 g/mol. The lowest BCUT2D eigenvalue weighted by Gasteiger charge is -2.17. The van der Waals surface area contributed by atoms with E-state index in [1.165, 1.54) is 30.2 Å². The van der Waals surface area contributed by atoms with Crippen LogP contribution in [0.4, 0.5) is 10.1 Å². The second-order valence-corrected chi connectivity index (χ2v) is 5.31. The van der Waals surface area contributed by atoms with E-state index in [0.717, 1.165) is 0 Å². The highest BCUT2D eigenvalue weighted by Gasteiger charge is 2.37. The zero-order chi connectivity index (χ0) is 17.5. The first-order chi connectivity index (χ1) is 11.5. The smallest absolute Gasteiger partial charge is 0.311 e. The van der Waals surface area contributed by atoms with Crippen LogP contribution in [-0.2, 0) is 23.9 Å². The number of rotatable bonds is 7. The minimum atomic E-state index is -0.719. The van der Waals surface area contributed by atoms with Crippen molar-refractivity contribution in [2.45, 2.75) is 6.42 Å². The second kappa shape index (κ2) is 8.39. The predicted molar refractivity (Wildman–Crippen MR) is 82.7 cm³/mol. The van der Waals surface area contributed by atoms with E-state index >= 15 is 0 Å². The first-order valence-electron chi connectivity index (χ1n) is 7.50. The highest BCUT2D eigenvalue weighted by molar-refractivity contribution is 5.99. The molecule has 1 fully saturated rings. The minimum Gasteiger partial charge on any atom is -0.455 e. The topological polar surface area (TPSA) is 84.9 Å². The maximum absolute atomic E-state index is 13.8. The summed E-state index contributed by atoms with van der Waals surface area (Å²) in [6.45, 7) is 0.279. The standard InChI is InChI=1S/C16H19FN2O5/c1-23-7-6-18-14(20)10-24-16(22)11-8-15(21)19(9-11)13-5-3-2-4-12(13)17/h2-5,11H,6-10H2,1H3,(H,18,20)/t11-/m0/s1. The molecule has 0 spiro atoms. The van der Waals surface area contributed by atoms with Crippen molar-refractivity contribution in [3.8, 4) is 0 Å². The van der Waals surface area contributed by atoms with Gasteiger partial charge >= 0.3 is 5.97 Å². The number of carbonyl (C=O) groups is 3. The van der Waals surface area contributed by atoms with Gasteiger partial charge in [-0.25, -0.2) is 4.39 Å². The average molecular weight is 338 g/mol. The van der Waals surface area contributed by atoms with Gasteiger partial charge in [-0.15, -0.1) is 0 Å². The molecule has 0 aliphatic carbocycles. The number of nitrogens with one attached hydrogen (secondary N) is 1. The number of benzene rings is 1. The lowest BCUT2D eigenvalue weighted by Crippen LogP contribution is -2.33. The number of methoxy groups -OCH3 is 1. The Labute approximate surface area is 138 Å². The highest BCUT2D eigenvalue weighted by Crippen LogP contribution is 2.27. The summed E-state index contributed by atoms with van der Waals surface area (Å²) in [6, 6.07) is 5.86. The third kappa shape index (κ3) is 4.51. The molecule has 1 heterocycles. The number of para-hydroxylation sites is 1. The molecule has 0 saturated carbocycles. The SMILES string of the molecule is COCCNC(=O)COC(=O)[C@H]1CC(=O)N(c2ccccc2F)C1. The molecule has 7 nitrogen and oxygen atoms in total. The lowest BCUT2D eigenvalue weighted by molar-refractivity contribution is -0.152. The zero-order valence-electron chi connectivity index (χ0n) is 13.3. The Morgan fingerprint density at radius 3 is 2.83 bits per heavy atom. The first kappa shape index (κ1) is 17.9. The van der Waals surface area contributed by atoms with Crippen molar-refractivity contribution in [1.82, 2.24) is 5.32 Å². The molecule has 1 aromatic rings. The molecule has 1 aliphatic heterocycles. The Bertz CT molecular complexity index is 622. The summed E-state index contributed by atoms with van der Waals surface area (Å²) >= 11 is 0. The number of ether oxygens (including phenoxy) is 2. The molecule has 2 rings (SSSR count). The number of halogens is 1. The van der Waals surface area contributed by atoms with Gasteiger partial charge in [-0.3, -0.25) is 14.4 Å². The lowest BCUT2D eigenvalue weighted by atomic mass is 10.1. The average Bonchev–Trinajstić information content (AvgIpc) is 2.95. The number of esters is 1. The van der Waals surface area contributed by atoms with Crippen molar-refractivity contribution in [1.29, 1.82) is 0 Å². The van der Waals surface area contributed by atoms with Crippen molar-refractivity contribution in [2.75, 3.05) is 38.3 Å². The number of anilines is 1. The van der Waals surface area contributed by atoms with Crippen molar-refractivity contribution in [2.24, 2.45) is 5.92 Å². The van der Waals surface area contributed by atoms with Crippen LogP contribution in [0.2, 0.25) is 0 Å². The van der Waals surface area contributed by atoms with Gasteiger partial charge in [-0.2, -0.15) is 0 Å². The maximum atomic E-state index is 13.8. The van der Waals surface area contributed by atoms with E-state index in [-0.39, 0.29) is 24.6 Å². The Kier molecular flexibility index (Phi) is 6.25.